The summed E-state index contributed by atoms with van der Waals surface area (Å²) in [4.78, 5) is 4.18. The molecule has 1 saturated carbocycles. The maximum atomic E-state index is 4.66. The SMILES string of the molecule is CC1C=C2CCCC(CN=C=S)(C2)C1. The topological polar surface area (TPSA) is 12.4 Å². The Bertz CT molecular complexity index is 301. The van der Waals surface area contributed by atoms with Crippen LogP contribution >= 0.6 is 12.2 Å². The molecule has 0 spiro atoms. The van der Waals surface area contributed by atoms with Gasteiger partial charge in [0.2, 0.25) is 0 Å². The number of fused-ring (bicyclic) bond motifs is 2. The lowest BCUT2D eigenvalue weighted by molar-refractivity contribution is 0.181. The average Bonchev–Trinajstić information content (AvgIpc) is 2.14. The third-order valence-electron chi connectivity index (χ3n) is 3.56. The van der Waals surface area contributed by atoms with Crippen LogP contribution in [0.1, 0.15) is 39.0 Å². The van der Waals surface area contributed by atoms with Crippen LogP contribution in [-0.2, 0) is 0 Å². The molecule has 76 valence electrons. The third-order valence-corrected chi connectivity index (χ3v) is 3.69. The summed E-state index contributed by atoms with van der Waals surface area (Å²) in [7, 11) is 0. The number of thiocarbonyl (C=S) groups is 1. The molecule has 0 saturated heterocycles. The molecule has 2 unspecified atom stereocenters. The van der Waals surface area contributed by atoms with Crippen LogP contribution in [-0.4, -0.2) is 11.7 Å². The van der Waals surface area contributed by atoms with Crippen LogP contribution in [0.2, 0.25) is 0 Å². The van der Waals surface area contributed by atoms with Crippen LogP contribution in [0.25, 0.3) is 0 Å². The van der Waals surface area contributed by atoms with Crippen LogP contribution in [0, 0.1) is 11.3 Å². The first kappa shape index (κ1) is 10.1. The van der Waals surface area contributed by atoms with E-state index in [1.807, 2.05) is 0 Å². The minimum atomic E-state index is 0.438. The molecule has 1 nitrogen and oxygen atoms in total. The van der Waals surface area contributed by atoms with Gasteiger partial charge in [0.1, 0.15) is 0 Å². The average molecular weight is 207 g/mol. The fraction of sp³-hybridized carbons (Fsp3) is 0.750. The zero-order chi connectivity index (χ0) is 10.0. The zero-order valence-corrected chi connectivity index (χ0v) is 9.57. The molecule has 2 heteroatoms. The smallest absolute Gasteiger partial charge is 0.0585 e. The van der Waals surface area contributed by atoms with Crippen molar-refractivity contribution < 1.29 is 0 Å². The van der Waals surface area contributed by atoms with Crippen LogP contribution in [0.3, 0.4) is 0 Å². The van der Waals surface area contributed by atoms with Crippen molar-refractivity contribution in [2.24, 2.45) is 16.3 Å². The molecule has 2 aliphatic rings. The summed E-state index contributed by atoms with van der Waals surface area (Å²) in [6, 6.07) is 0. The molecule has 0 aliphatic heterocycles. The van der Waals surface area contributed by atoms with Gasteiger partial charge >= 0.3 is 0 Å². The van der Waals surface area contributed by atoms with E-state index in [1.54, 1.807) is 5.57 Å². The van der Waals surface area contributed by atoms with E-state index in [-0.39, 0.29) is 0 Å². The molecular formula is C12H17NS. The second-order valence-electron chi connectivity index (χ2n) is 4.94. The van der Waals surface area contributed by atoms with Crippen molar-refractivity contribution in [3.63, 3.8) is 0 Å². The molecule has 2 bridgehead atoms. The van der Waals surface area contributed by atoms with Crippen molar-refractivity contribution >= 4 is 17.4 Å². The number of rotatable bonds is 2. The molecular weight excluding hydrogens is 190 g/mol. The van der Waals surface area contributed by atoms with E-state index in [0.29, 0.717) is 5.41 Å². The molecule has 0 heterocycles. The summed E-state index contributed by atoms with van der Waals surface area (Å²) < 4.78 is 0. The number of nitrogens with zero attached hydrogens (tertiary/aromatic N) is 1. The van der Waals surface area contributed by atoms with Crippen LogP contribution < -0.4 is 0 Å². The van der Waals surface area contributed by atoms with Gasteiger partial charge in [-0.2, -0.15) is 0 Å². The van der Waals surface area contributed by atoms with E-state index in [4.69, 9.17) is 0 Å². The Morgan fingerprint density at radius 3 is 3.36 bits per heavy atom. The second-order valence-corrected chi connectivity index (χ2v) is 5.13. The molecule has 2 atom stereocenters. The predicted molar refractivity (Wildman–Crippen MR) is 62.7 cm³/mol. The molecule has 14 heavy (non-hydrogen) atoms. The van der Waals surface area contributed by atoms with E-state index >= 15 is 0 Å². The lowest BCUT2D eigenvalue weighted by Crippen LogP contribution is -2.33. The van der Waals surface area contributed by atoms with Gasteiger partial charge < -0.3 is 0 Å². The largest absolute Gasteiger partial charge is 0.232 e. The first-order valence-electron chi connectivity index (χ1n) is 5.47. The summed E-state index contributed by atoms with van der Waals surface area (Å²) in [5.41, 5.74) is 2.10. The lowest BCUT2D eigenvalue weighted by atomic mass is 9.64. The highest BCUT2D eigenvalue weighted by Crippen LogP contribution is 2.47. The van der Waals surface area contributed by atoms with E-state index in [1.165, 1.54) is 32.1 Å². The van der Waals surface area contributed by atoms with Gasteiger partial charge in [0, 0.05) is 0 Å². The maximum absolute atomic E-state index is 4.66. The molecule has 2 rings (SSSR count). The lowest BCUT2D eigenvalue weighted by Gasteiger charge is -2.42. The Morgan fingerprint density at radius 2 is 2.57 bits per heavy atom. The zero-order valence-electron chi connectivity index (χ0n) is 8.75. The second kappa shape index (κ2) is 3.96. The molecule has 0 amide bonds. The number of isothiocyanates is 1. The molecule has 0 aromatic carbocycles. The van der Waals surface area contributed by atoms with Gasteiger partial charge in [-0.25, -0.2) is 4.99 Å². The maximum Gasteiger partial charge on any atom is 0.0585 e. The van der Waals surface area contributed by atoms with E-state index in [2.05, 4.69) is 35.4 Å². The predicted octanol–water partition coefficient (Wildman–Crippen LogP) is 3.62. The highest BCUT2D eigenvalue weighted by atomic mass is 32.1. The summed E-state index contributed by atoms with van der Waals surface area (Å²) in [5, 5.41) is 2.52. The third kappa shape index (κ3) is 1.97. The minimum Gasteiger partial charge on any atom is -0.232 e. The Kier molecular flexibility index (Phi) is 2.85. The highest BCUT2D eigenvalue weighted by Gasteiger charge is 2.37. The van der Waals surface area contributed by atoms with Crippen LogP contribution in [0.15, 0.2) is 16.6 Å². The standard InChI is InChI=1S/C12H17NS/c1-10-5-11-3-2-4-12(6-10,7-11)8-13-9-14/h5,10H,2-4,6-8H2,1H3. The van der Waals surface area contributed by atoms with Crippen molar-refractivity contribution in [3.05, 3.63) is 11.6 Å². The number of allylic oxidation sites excluding steroid dienone is 2. The highest BCUT2D eigenvalue weighted by molar-refractivity contribution is 7.78. The van der Waals surface area contributed by atoms with Gasteiger partial charge in [-0.3, -0.25) is 0 Å². The van der Waals surface area contributed by atoms with Gasteiger partial charge in [-0.1, -0.05) is 18.6 Å². The van der Waals surface area contributed by atoms with Crippen molar-refractivity contribution in [1.82, 2.24) is 0 Å². The number of aliphatic imine (C=N–C) groups is 1. The van der Waals surface area contributed by atoms with Crippen molar-refractivity contribution in [3.8, 4) is 0 Å². The van der Waals surface area contributed by atoms with Crippen LogP contribution in [0.5, 0.6) is 0 Å². The van der Waals surface area contributed by atoms with E-state index < -0.39 is 0 Å². The summed E-state index contributed by atoms with van der Waals surface area (Å²) in [5.74, 6) is 0.736. The van der Waals surface area contributed by atoms with Gasteiger partial charge in [0.25, 0.3) is 0 Å². The van der Waals surface area contributed by atoms with Crippen molar-refractivity contribution in [1.29, 1.82) is 0 Å². The minimum absolute atomic E-state index is 0.438. The Morgan fingerprint density at radius 1 is 1.71 bits per heavy atom. The Labute approximate surface area is 91.3 Å². The summed E-state index contributed by atoms with van der Waals surface area (Å²) in [6.45, 7) is 3.22. The molecule has 0 aromatic heterocycles. The molecule has 0 aromatic rings. The Hall–Kier alpha value is -0.460. The normalized spacial score (nSPS) is 35.8. The number of hydrogen-bond acceptors (Lipinski definition) is 2. The first-order valence-corrected chi connectivity index (χ1v) is 5.88. The van der Waals surface area contributed by atoms with E-state index in [9.17, 15) is 0 Å². The van der Waals surface area contributed by atoms with Crippen molar-refractivity contribution in [2.45, 2.75) is 39.0 Å². The summed E-state index contributed by atoms with van der Waals surface area (Å²) >= 11 is 4.66. The monoisotopic (exact) mass is 207 g/mol. The quantitative estimate of drug-likeness (QED) is 0.383. The first-order chi connectivity index (χ1) is 6.74. The fourth-order valence-electron chi connectivity index (χ4n) is 3.21. The molecule has 1 fully saturated rings. The van der Waals surface area contributed by atoms with Gasteiger partial charge in [0.05, 0.1) is 11.7 Å². The van der Waals surface area contributed by atoms with Crippen LogP contribution in [0.4, 0.5) is 0 Å². The van der Waals surface area contributed by atoms with Gasteiger partial charge in [-0.05, 0) is 55.7 Å². The summed E-state index contributed by atoms with van der Waals surface area (Å²) in [6.07, 6.45) is 9.00. The van der Waals surface area contributed by atoms with Gasteiger partial charge in [-0.15, -0.1) is 0 Å². The molecule has 0 N–H and O–H groups in total. The number of hydrogen-bond donors (Lipinski definition) is 0. The van der Waals surface area contributed by atoms with Gasteiger partial charge in [0.15, 0.2) is 0 Å². The Balaban J connectivity index is 2.18. The molecule has 0 radical (unpaired) electrons. The van der Waals surface area contributed by atoms with E-state index in [0.717, 1.165) is 12.5 Å². The van der Waals surface area contributed by atoms with Crippen molar-refractivity contribution in [2.75, 3.05) is 6.54 Å². The molecule has 2 aliphatic carbocycles. The fourth-order valence-corrected chi connectivity index (χ4v) is 3.27.